The predicted molar refractivity (Wildman–Crippen MR) is 58.9 cm³/mol. The quantitative estimate of drug-likeness (QED) is 0.632. The van der Waals surface area contributed by atoms with E-state index in [4.69, 9.17) is 5.26 Å². The van der Waals surface area contributed by atoms with Gasteiger partial charge in [-0.2, -0.15) is 5.26 Å². The topological polar surface area (TPSA) is 35.8 Å². The van der Waals surface area contributed by atoms with Crippen LogP contribution in [0.3, 0.4) is 0 Å². The van der Waals surface area contributed by atoms with Crippen LogP contribution in [-0.2, 0) is 0 Å². The number of rotatable bonds is 7. The van der Waals surface area contributed by atoms with Crippen molar-refractivity contribution >= 4 is 0 Å². The highest BCUT2D eigenvalue weighted by molar-refractivity contribution is 5.06. The predicted octanol–water partition coefficient (Wildman–Crippen LogP) is 2.99. The zero-order valence-electron chi connectivity index (χ0n) is 9.47. The SMILES string of the molecule is CCCCCCC(C)(C#N)NC1CC1. The van der Waals surface area contributed by atoms with Gasteiger partial charge in [-0.3, -0.25) is 5.32 Å². The van der Waals surface area contributed by atoms with Crippen molar-refractivity contribution in [1.82, 2.24) is 5.32 Å². The van der Waals surface area contributed by atoms with Crippen LogP contribution >= 0.6 is 0 Å². The molecule has 14 heavy (non-hydrogen) atoms. The second-order valence-corrected chi connectivity index (χ2v) is 4.67. The zero-order chi connectivity index (χ0) is 10.4. The highest BCUT2D eigenvalue weighted by Crippen LogP contribution is 2.24. The first-order valence-electron chi connectivity index (χ1n) is 5.89. The molecular weight excluding hydrogens is 172 g/mol. The van der Waals surface area contributed by atoms with Crippen LogP contribution in [0.25, 0.3) is 0 Å². The summed E-state index contributed by atoms with van der Waals surface area (Å²) in [4.78, 5) is 0. The number of nitrogens with zero attached hydrogens (tertiary/aromatic N) is 1. The van der Waals surface area contributed by atoms with Crippen LogP contribution in [-0.4, -0.2) is 11.6 Å². The Kier molecular flexibility index (Phi) is 4.41. The van der Waals surface area contributed by atoms with E-state index in [-0.39, 0.29) is 5.54 Å². The van der Waals surface area contributed by atoms with Crippen molar-refractivity contribution in [3.63, 3.8) is 0 Å². The minimum Gasteiger partial charge on any atom is -0.297 e. The smallest absolute Gasteiger partial charge is 0.104 e. The molecule has 1 unspecified atom stereocenters. The van der Waals surface area contributed by atoms with Gasteiger partial charge in [0.2, 0.25) is 0 Å². The molecule has 1 atom stereocenters. The summed E-state index contributed by atoms with van der Waals surface area (Å²) in [5.41, 5.74) is -0.269. The molecule has 80 valence electrons. The van der Waals surface area contributed by atoms with E-state index in [0.717, 1.165) is 6.42 Å². The summed E-state index contributed by atoms with van der Waals surface area (Å²) in [6, 6.07) is 3.05. The van der Waals surface area contributed by atoms with Gasteiger partial charge >= 0.3 is 0 Å². The molecule has 0 aromatic heterocycles. The summed E-state index contributed by atoms with van der Waals surface area (Å²) in [6.07, 6.45) is 8.51. The van der Waals surface area contributed by atoms with Crippen molar-refractivity contribution < 1.29 is 0 Å². The van der Waals surface area contributed by atoms with Crippen LogP contribution < -0.4 is 5.32 Å². The molecule has 0 aliphatic heterocycles. The lowest BCUT2D eigenvalue weighted by atomic mass is 9.95. The van der Waals surface area contributed by atoms with E-state index in [1.807, 2.05) is 6.92 Å². The van der Waals surface area contributed by atoms with Crippen molar-refractivity contribution in [2.75, 3.05) is 0 Å². The Labute approximate surface area is 87.7 Å². The molecule has 0 aromatic rings. The van der Waals surface area contributed by atoms with E-state index in [0.29, 0.717) is 6.04 Å². The molecule has 0 spiro atoms. The third-order valence-corrected chi connectivity index (χ3v) is 2.88. The fourth-order valence-corrected chi connectivity index (χ4v) is 1.74. The number of hydrogen-bond acceptors (Lipinski definition) is 2. The molecule has 1 aliphatic carbocycles. The summed E-state index contributed by atoms with van der Waals surface area (Å²) in [7, 11) is 0. The van der Waals surface area contributed by atoms with Crippen LogP contribution in [0.4, 0.5) is 0 Å². The molecule has 0 saturated heterocycles. The first-order chi connectivity index (χ1) is 6.70. The molecule has 1 aliphatic rings. The van der Waals surface area contributed by atoms with Crippen molar-refractivity contribution in [3.8, 4) is 6.07 Å². The van der Waals surface area contributed by atoms with Crippen molar-refractivity contribution in [1.29, 1.82) is 5.26 Å². The lowest BCUT2D eigenvalue weighted by Crippen LogP contribution is -2.42. The molecule has 0 radical (unpaired) electrons. The maximum atomic E-state index is 9.11. The molecule has 1 fully saturated rings. The minimum absolute atomic E-state index is 0.269. The van der Waals surface area contributed by atoms with Gasteiger partial charge in [0.25, 0.3) is 0 Å². The van der Waals surface area contributed by atoms with Crippen molar-refractivity contribution in [2.45, 2.75) is 70.4 Å². The van der Waals surface area contributed by atoms with Gasteiger partial charge in [-0.25, -0.2) is 0 Å². The molecule has 0 aromatic carbocycles. The molecule has 1 rings (SSSR count). The molecule has 1 saturated carbocycles. The van der Waals surface area contributed by atoms with Gasteiger partial charge in [0.05, 0.1) is 6.07 Å². The van der Waals surface area contributed by atoms with Gasteiger partial charge in [0, 0.05) is 6.04 Å². The Morgan fingerprint density at radius 1 is 1.36 bits per heavy atom. The second kappa shape index (κ2) is 5.36. The normalized spacial score (nSPS) is 20.1. The summed E-state index contributed by atoms with van der Waals surface area (Å²) in [6.45, 7) is 4.25. The third kappa shape index (κ3) is 4.11. The van der Waals surface area contributed by atoms with Gasteiger partial charge in [0.15, 0.2) is 0 Å². The van der Waals surface area contributed by atoms with E-state index >= 15 is 0 Å². The van der Waals surface area contributed by atoms with Crippen LogP contribution in [0.1, 0.15) is 58.8 Å². The van der Waals surface area contributed by atoms with E-state index in [1.165, 1.54) is 38.5 Å². The number of nitrogens with one attached hydrogen (secondary N) is 1. The molecule has 0 amide bonds. The second-order valence-electron chi connectivity index (χ2n) is 4.67. The third-order valence-electron chi connectivity index (χ3n) is 2.88. The fourth-order valence-electron chi connectivity index (χ4n) is 1.74. The van der Waals surface area contributed by atoms with Crippen LogP contribution in [0.15, 0.2) is 0 Å². The Morgan fingerprint density at radius 3 is 2.57 bits per heavy atom. The van der Waals surface area contributed by atoms with Gasteiger partial charge < -0.3 is 0 Å². The molecule has 2 nitrogen and oxygen atoms in total. The van der Waals surface area contributed by atoms with E-state index < -0.39 is 0 Å². The van der Waals surface area contributed by atoms with Gasteiger partial charge in [-0.15, -0.1) is 0 Å². The molecule has 1 N–H and O–H groups in total. The maximum Gasteiger partial charge on any atom is 0.104 e. The van der Waals surface area contributed by atoms with Crippen LogP contribution in [0, 0.1) is 11.3 Å². The highest BCUT2D eigenvalue weighted by Gasteiger charge is 2.31. The monoisotopic (exact) mass is 194 g/mol. The maximum absolute atomic E-state index is 9.11. The Balaban J connectivity index is 2.18. The van der Waals surface area contributed by atoms with Gasteiger partial charge in [-0.1, -0.05) is 32.6 Å². The number of nitriles is 1. The van der Waals surface area contributed by atoms with E-state index in [9.17, 15) is 0 Å². The van der Waals surface area contributed by atoms with Crippen LogP contribution in [0.5, 0.6) is 0 Å². The zero-order valence-corrected chi connectivity index (χ0v) is 9.47. The van der Waals surface area contributed by atoms with E-state index in [2.05, 4.69) is 18.3 Å². The first-order valence-corrected chi connectivity index (χ1v) is 5.89. The number of unbranched alkanes of at least 4 members (excludes halogenated alkanes) is 3. The standard InChI is InChI=1S/C12H22N2/c1-3-4-5-6-9-12(2,10-13)14-11-7-8-11/h11,14H,3-9H2,1-2H3. The highest BCUT2D eigenvalue weighted by atomic mass is 15.0. The van der Waals surface area contributed by atoms with Gasteiger partial charge in [-0.05, 0) is 26.2 Å². The summed E-state index contributed by atoms with van der Waals surface area (Å²) >= 11 is 0. The first kappa shape index (κ1) is 11.5. The molecule has 0 bridgehead atoms. The van der Waals surface area contributed by atoms with Crippen molar-refractivity contribution in [2.24, 2.45) is 0 Å². The Bertz CT molecular complexity index is 203. The largest absolute Gasteiger partial charge is 0.297 e. The lowest BCUT2D eigenvalue weighted by Gasteiger charge is -2.23. The van der Waals surface area contributed by atoms with Gasteiger partial charge in [0.1, 0.15) is 5.54 Å². The lowest BCUT2D eigenvalue weighted by molar-refractivity contribution is 0.395. The number of hydrogen-bond donors (Lipinski definition) is 1. The fraction of sp³-hybridized carbons (Fsp3) is 0.917. The summed E-state index contributed by atoms with van der Waals surface area (Å²) in [5, 5.41) is 12.5. The average Bonchev–Trinajstić information content (AvgIpc) is 2.96. The summed E-state index contributed by atoms with van der Waals surface area (Å²) in [5.74, 6) is 0. The molecule has 0 heterocycles. The molecular formula is C12H22N2. The Morgan fingerprint density at radius 2 is 2.07 bits per heavy atom. The van der Waals surface area contributed by atoms with Crippen LogP contribution in [0.2, 0.25) is 0 Å². The molecule has 2 heteroatoms. The average molecular weight is 194 g/mol. The summed E-state index contributed by atoms with van der Waals surface area (Å²) < 4.78 is 0. The van der Waals surface area contributed by atoms with E-state index in [1.54, 1.807) is 0 Å². The Hall–Kier alpha value is -0.550. The minimum atomic E-state index is -0.269. The van der Waals surface area contributed by atoms with Crippen molar-refractivity contribution in [3.05, 3.63) is 0 Å².